The van der Waals surface area contributed by atoms with E-state index in [-0.39, 0.29) is 0 Å². The van der Waals surface area contributed by atoms with Crippen LogP contribution in [0.3, 0.4) is 0 Å². The predicted octanol–water partition coefficient (Wildman–Crippen LogP) is 3.13. The number of nitrogens with zero attached hydrogens (tertiary/aromatic N) is 1. The summed E-state index contributed by atoms with van der Waals surface area (Å²) in [6, 6.07) is 8.00. The Labute approximate surface area is 109 Å². The molecular formula is C15H22N2O. The second kappa shape index (κ2) is 6.43. The van der Waals surface area contributed by atoms with Crippen molar-refractivity contribution in [1.82, 2.24) is 0 Å². The van der Waals surface area contributed by atoms with Crippen LogP contribution in [0.2, 0.25) is 0 Å². The maximum absolute atomic E-state index is 6.09. The lowest BCUT2D eigenvalue weighted by Gasteiger charge is -2.20. The lowest BCUT2D eigenvalue weighted by Crippen LogP contribution is -2.25. The van der Waals surface area contributed by atoms with Crippen molar-refractivity contribution in [3.05, 3.63) is 29.8 Å². The van der Waals surface area contributed by atoms with Gasteiger partial charge >= 0.3 is 0 Å². The molecule has 0 aliphatic heterocycles. The van der Waals surface area contributed by atoms with Gasteiger partial charge in [-0.25, -0.2) is 0 Å². The third-order valence-electron chi connectivity index (χ3n) is 3.60. The van der Waals surface area contributed by atoms with Crippen LogP contribution in [0.15, 0.2) is 29.3 Å². The molecular weight excluding hydrogens is 224 g/mol. The van der Waals surface area contributed by atoms with Crippen molar-refractivity contribution in [3.8, 4) is 5.75 Å². The Bertz CT molecular complexity index is 409. The van der Waals surface area contributed by atoms with Crippen molar-refractivity contribution in [1.29, 1.82) is 0 Å². The van der Waals surface area contributed by atoms with Crippen LogP contribution in [0.4, 0.5) is 0 Å². The minimum atomic E-state index is 0.504. The molecule has 0 atom stereocenters. The van der Waals surface area contributed by atoms with Gasteiger partial charge in [0.15, 0.2) is 0 Å². The molecule has 1 saturated carbocycles. The molecule has 1 aromatic rings. The molecule has 0 spiro atoms. The lowest BCUT2D eigenvalue weighted by molar-refractivity contribution is 0.414. The first-order chi connectivity index (χ1) is 8.79. The summed E-state index contributed by atoms with van der Waals surface area (Å²) >= 11 is 0. The fourth-order valence-electron chi connectivity index (χ4n) is 2.48. The summed E-state index contributed by atoms with van der Waals surface area (Å²) < 4.78 is 5.20. The highest BCUT2D eigenvalue weighted by atomic mass is 16.5. The Balaban J connectivity index is 1.95. The Hall–Kier alpha value is -1.51. The molecule has 0 aromatic heterocycles. The van der Waals surface area contributed by atoms with E-state index in [0.29, 0.717) is 12.5 Å². The molecule has 18 heavy (non-hydrogen) atoms. The first kappa shape index (κ1) is 12.9. The number of aliphatic imine (C=N–C) groups is 1. The van der Waals surface area contributed by atoms with Crippen molar-refractivity contribution in [2.45, 2.75) is 38.6 Å². The van der Waals surface area contributed by atoms with E-state index in [1.165, 1.54) is 32.1 Å². The fourth-order valence-corrected chi connectivity index (χ4v) is 2.48. The first-order valence-corrected chi connectivity index (χ1v) is 6.72. The summed E-state index contributed by atoms with van der Waals surface area (Å²) in [6.07, 6.45) is 6.33. The van der Waals surface area contributed by atoms with Crippen molar-refractivity contribution >= 4 is 5.84 Å². The molecule has 0 amide bonds. The predicted molar refractivity (Wildman–Crippen MR) is 74.9 cm³/mol. The average molecular weight is 246 g/mol. The molecule has 1 fully saturated rings. The highest BCUT2D eigenvalue weighted by Crippen LogP contribution is 2.24. The number of rotatable bonds is 4. The lowest BCUT2D eigenvalue weighted by atomic mass is 9.88. The highest BCUT2D eigenvalue weighted by Gasteiger charge is 2.16. The van der Waals surface area contributed by atoms with Gasteiger partial charge in [-0.05, 0) is 30.5 Å². The quantitative estimate of drug-likeness (QED) is 0.655. The van der Waals surface area contributed by atoms with Crippen molar-refractivity contribution in [3.63, 3.8) is 0 Å². The maximum Gasteiger partial charge on any atom is 0.119 e. The fraction of sp³-hybridized carbons (Fsp3) is 0.533. The van der Waals surface area contributed by atoms with E-state index in [9.17, 15) is 0 Å². The van der Waals surface area contributed by atoms with Crippen LogP contribution in [0, 0.1) is 5.92 Å². The standard InChI is InChI=1S/C15H22N2O/c1-18-14-9-5-6-12(10-14)11-17-15(16)13-7-3-2-4-8-13/h5-6,9-10,13H,2-4,7-8,11H2,1H3,(H2,16,17). The minimum Gasteiger partial charge on any atom is -0.497 e. The second-order valence-electron chi connectivity index (χ2n) is 4.93. The Morgan fingerprint density at radius 1 is 1.33 bits per heavy atom. The molecule has 0 radical (unpaired) electrons. The molecule has 3 nitrogen and oxygen atoms in total. The van der Waals surface area contributed by atoms with Crippen LogP contribution < -0.4 is 10.5 Å². The summed E-state index contributed by atoms with van der Waals surface area (Å²) in [4.78, 5) is 4.53. The summed E-state index contributed by atoms with van der Waals surface area (Å²) in [5.41, 5.74) is 7.23. The molecule has 0 heterocycles. The Morgan fingerprint density at radius 3 is 2.83 bits per heavy atom. The van der Waals surface area contributed by atoms with Gasteiger partial charge < -0.3 is 10.5 Å². The Kier molecular flexibility index (Phi) is 4.62. The van der Waals surface area contributed by atoms with Gasteiger partial charge in [0, 0.05) is 5.92 Å². The van der Waals surface area contributed by atoms with E-state index in [1.807, 2.05) is 18.2 Å². The van der Waals surface area contributed by atoms with Gasteiger partial charge in [-0.3, -0.25) is 4.99 Å². The Morgan fingerprint density at radius 2 is 2.11 bits per heavy atom. The van der Waals surface area contributed by atoms with Gasteiger partial charge in [-0.1, -0.05) is 31.4 Å². The van der Waals surface area contributed by atoms with Gasteiger partial charge in [0.25, 0.3) is 0 Å². The normalized spacial score (nSPS) is 17.7. The monoisotopic (exact) mass is 246 g/mol. The molecule has 1 aliphatic rings. The summed E-state index contributed by atoms with van der Waals surface area (Å²) in [5.74, 6) is 2.21. The van der Waals surface area contributed by atoms with E-state index in [4.69, 9.17) is 10.5 Å². The molecule has 3 heteroatoms. The number of nitrogens with two attached hydrogens (primary N) is 1. The molecule has 2 rings (SSSR count). The number of amidine groups is 1. The topological polar surface area (TPSA) is 47.6 Å². The highest BCUT2D eigenvalue weighted by molar-refractivity contribution is 5.82. The summed E-state index contributed by atoms with van der Waals surface area (Å²) in [6.45, 7) is 0.652. The smallest absolute Gasteiger partial charge is 0.119 e. The van der Waals surface area contributed by atoms with Crippen molar-refractivity contribution < 1.29 is 4.74 Å². The third kappa shape index (κ3) is 3.49. The van der Waals surface area contributed by atoms with Crippen LogP contribution in [0.1, 0.15) is 37.7 Å². The van der Waals surface area contributed by atoms with Gasteiger partial charge in [0.05, 0.1) is 19.5 Å². The average Bonchev–Trinajstić information content (AvgIpc) is 2.46. The van der Waals surface area contributed by atoms with Gasteiger partial charge in [-0.2, -0.15) is 0 Å². The molecule has 98 valence electrons. The number of ether oxygens (including phenoxy) is 1. The largest absolute Gasteiger partial charge is 0.497 e. The third-order valence-corrected chi connectivity index (χ3v) is 3.60. The molecule has 1 aromatic carbocycles. The zero-order valence-corrected chi connectivity index (χ0v) is 11.1. The first-order valence-electron chi connectivity index (χ1n) is 6.72. The number of benzene rings is 1. The van der Waals surface area contributed by atoms with Crippen LogP contribution in [0.5, 0.6) is 5.75 Å². The maximum atomic E-state index is 6.09. The molecule has 2 N–H and O–H groups in total. The van der Waals surface area contributed by atoms with E-state index in [1.54, 1.807) is 7.11 Å². The van der Waals surface area contributed by atoms with Crippen LogP contribution in [0.25, 0.3) is 0 Å². The second-order valence-corrected chi connectivity index (χ2v) is 4.93. The van der Waals surface area contributed by atoms with Crippen molar-refractivity contribution in [2.75, 3.05) is 7.11 Å². The molecule has 0 bridgehead atoms. The van der Waals surface area contributed by atoms with Crippen LogP contribution in [-0.4, -0.2) is 12.9 Å². The van der Waals surface area contributed by atoms with E-state index >= 15 is 0 Å². The number of hydrogen-bond acceptors (Lipinski definition) is 2. The zero-order chi connectivity index (χ0) is 12.8. The molecule has 0 saturated heterocycles. The van der Waals surface area contributed by atoms with Crippen molar-refractivity contribution in [2.24, 2.45) is 16.6 Å². The SMILES string of the molecule is COc1cccc(CN=C(N)C2CCCCC2)c1. The van der Waals surface area contributed by atoms with Crippen LogP contribution >= 0.6 is 0 Å². The van der Waals surface area contributed by atoms with E-state index in [0.717, 1.165) is 17.1 Å². The minimum absolute atomic E-state index is 0.504. The summed E-state index contributed by atoms with van der Waals surface area (Å²) in [7, 11) is 1.68. The zero-order valence-electron chi connectivity index (χ0n) is 11.1. The van der Waals surface area contributed by atoms with Gasteiger partial charge in [0.1, 0.15) is 5.75 Å². The number of methoxy groups -OCH3 is 1. The molecule has 0 unspecified atom stereocenters. The van der Waals surface area contributed by atoms with Gasteiger partial charge in [0.2, 0.25) is 0 Å². The van der Waals surface area contributed by atoms with Crippen LogP contribution in [-0.2, 0) is 6.54 Å². The van der Waals surface area contributed by atoms with Gasteiger partial charge in [-0.15, -0.1) is 0 Å². The van der Waals surface area contributed by atoms with E-state index in [2.05, 4.69) is 11.1 Å². The molecule has 1 aliphatic carbocycles. The van der Waals surface area contributed by atoms with E-state index < -0.39 is 0 Å². The number of hydrogen-bond donors (Lipinski definition) is 1. The summed E-state index contributed by atoms with van der Waals surface area (Å²) in [5, 5.41) is 0.